The summed E-state index contributed by atoms with van der Waals surface area (Å²) < 4.78 is 5.60. The van der Waals surface area contributed by atoms with Crippen molar-refractivity contribution in [2.45, 2.75) is 36.5 Å². The fraction of sp³-hybridized carbons (Fsp3) is 0.409. The SMILES string of the molecule is CSc1ncc2c(n1)N1CCC[C@H]1CN(c1cccc(C3=N[C@](C)(C(=O)O)CO3)c1)C2=O. The molecule has 2 aromatic rings. The Morgan fingerprint density at radius 2 is 2.22 bits per heavy atom. The van der Waals surface area contributed by atoms with E-state index in [2.05, 4.69) is 19.9 Å². The average molecular weight is 454 g/mol. The summed E-state index contributed by atoms with van der Waals surface area (Å²) in [6.45, 7) is 2.90. The number of ether oxygens (including phenoxy) is 1. The van der Waals surface area contributed by atoms with E-state index in [1.807, 2.05) is 30.5 Å². The van der Waals surface area contributed by atoms with Crippen molar-refractivity contribution in [1.82, 2.24) is 9.97 Å². The molecule has 0 saturated carbocycles. The van der Waals surface area contributed by atoms with Crippen LogP contribution in [0.4, 0.5) is 11.5 Å². The van der Waals surface area contributed by atoms with Gasteiger partial charge in [0.2, 0.25) is 5.90 Å². The minimum absolute atomic E-state index is 0.0237. The zero-order valence-corrected chi connectivity index (χ0v) is 18.6. The zero-order chi connectivity index (χ0) is 22.5. The van der Waals surface area contributed by atoms with E-state index in [0.29, 0.717) is 34.3 Å². The fourth-order valence-electron chi connectivity index (χ4n) is 4.35. The van der Waals surface area contributed by atoms with Crippen molar-refractivity contribution in [3.05, 3.63) is 41.6 Å². The molecule has 1 fully saturated rings. The van der Waals surface area contributed by atoms with Crippen LogP contribution >= 0.6 is 11.8 Å². The molecule has 1 saturated heterocycles. The van der Waals surface area contributed by atoms with Gasteiger partial charge in [0.15, 0.2) is 10.7 Å². The van der Waals surface area contributed by atoms with Gasteiger partial charge in [0, 0.05) is 36.6 Å². The number of aromatic nitrogens is 2. The summed E-state index contributed by atoms with van der Waals surface area (Å²) in [7, 11) is 0. The van der Waals surface area contributed by atoms with Crippen molar-refractivity contribution < 1.29 is 19.4 Å². The number of thioether (sulfide) groups is 1. The van der Waals surface area contributed by atoms with Crippen LogP contribution in [-0.2, 0) is 9.53 Å². The Morgan fingerprint density at radius 1 is 1.38 bits per heavy atom. The average Bonchev–Trinajstić information content (AvgIpc) is 3.42. The van der Waals surface area contributed by atoms with E-state index >= 15 is 0 Å². The van der Waals surface area contributed by atoms with Crippen molar-refractivity contribution in [3.8, 4) is 0 Å². The molecule has 5 rings (SSSR count). The number of anilines is 2. The normalized spacial score (nSPS) is 24.5. The van der Waals surface area contributed by atoms with Crippen molar-refractivity contribution in [2.24, 2.45) is 4.99 Å². The summed E-state index contributed by atoms with van der Waals surface area (Å²) in [5.41, 5.74) is 0.531. The van der Waals surface area contributed by atoms with Gasteiger partial charge >= 0.3 is 5.97 Å². The standard InChI is InChI=1S/C22H23N5O4S/c1-22(20(29)30)12-31-18(25-22)13-5-3-6-14(9-13)27-11-15-7-4-8-26(15)17-16(19(27)28)10-23-21(24-17)32-2/h3,5-6,9-10,15H,4,7-8,11-12H2,1-2H3,(H,29,30)/t15-,22-/m0/s1. The largest absolute Gasteiger partial charge is 0.479 e. The van der Waals surface area contributed by atoms with Crippen LogP contribution < -0.4 is 9.80 Å². The van der Waals surface area contributed by atoms with E-state index in [4.69, 9.17) is 4.74 Å². The van der Waals surface area contributed by atoms with Crippen LogP contribution in [0.1, 0.15) is 35.7 Å². The highest BCUT2D eigenvalue weighted by Gasteiger charge is 2.40. The van der Waals surface area contributed by atoms with Gasteiger partial charge in [-0.1, -0.05) is 17.8 Å². The van der Waals surface area contributed by atoms with Gasteiger partial charge in [0.05, 0.1) is 0 Å². The summed E-state index contributed by atoms with van der Waals surface area (Å²) in [5.74, 6) is -0.205. The zero-order valence-electron chi connectivity index (χ0n) is 17.8. The third kappa shape index (κ3) is 3.38. The lowest BCUT2D eigenvalue weighted by molar-refractivity contribution is -0.142. The number of carbonyl (C=O) groups is 2. The lowest BCUT2D eigenvalue weighted by Crippen LogP contribution is -2.39. The second kappa shape index (κ2) is 7.77. The number of aliphatic carboxylic acids is 1. The molecule has 32 heavy (non-hydrogen) atoms. The molecule has 1 N–H and O–H groups in total. The first kappa shape index (κ1) is 20.7. The van der Waals surface area contributed by atoms with Crippen molar-refractivity contribution in [2.75, 3.05) is 35.8 Å². The molecule has 4 heterocycles. The maximum atomic E-state index is 13.6. The molecular formula is C22H23N5O4S. The second-order valence-corrected chi connectivity index (χ2v) is 9.11. The van der Waals surface area contributed by atoms with Gasteiger partial charge < -0.3 is 19.6 Å². The molecule has 3 aliphatic rings. The Hall–Kier alpha value is -3.14. The number of benzene rings is 1. The molecule has 0 radical (unpaired) electrons. The highest BCUT2D eigenvalue weighted by atomic mass is 32.2. The number of carboxylic acid groups (broad SMARTS) is 1. The highest BCUT2D eigenvalue weighted by Crippen LogP contribution is 2.35. The first-order valence-corrected chi connectivity index (χ1v) is 11.7. The van der Waals surface area contributed by atoms with Gasteiger partial charge in [0.25, 0.3) is 5.91 Å². The fourth-order valence-corrected chi connectivity index (χ4v) is 4.69. The summed E-state index contributed by atoms with van der Waals surface area (Å²) >= 11 is 1.46. The maximum absolute atomic E-state index is 13.6. The predicted molar refractivity (Wildman–Crippen MR) is 121 cm³/mol. The Balaban J connectivity index is 1.53. The number of rotatable bonds is 4. The third-order valence-corrected chi connectivity index (χ3v) is 6.71. The van der Waals surface area contributed by atoms with E-state index in [1.54, 1.807) is 11.1 Å². The molecule has 0 aliphatic carbocycles. The Kier molecular flexibility index (Phi) is 5.04. The first-order valence-electron chi connectivity index (χ1n) is 10.5. The van der Waals surface area contributed by atoms with Gasteiger partial charge in [-0.05, 0) is 44.2 Å². The van der Waals surface area contributed by atoms with E-state index in [0.717, 1.165) is 19.4 Å². The number of hydrogen-bond acceptors (Lipinski definition) is 8. The molecule has 10 heteroatoms. The van der Waals surface area contributed by atoms with Crippen LogP contribution in [-0.4, -0.2) is 70.4 Å². The van der Waals surface area contributed by atoms with Crippen LogP contribution in [0.2, 0.25) is 0 Å². The number of nitrogens with zero attached hydrogens (tertiary/aromatic N) is 5. The van der Waals surface area contributed by atoms with Crippen LogP contribution in [0.3, 0.4) is 0 Å². The molecule has 2 atom stereocenters. The van der Waals surface area contributed by atoms with Crippen LogP contribution in [0, 0.1) is 0 Å². The lowest BCUT2D eigenvalue weighted by atomic mass is 10.1. The van der Waals surface area contributed by atoms with Crippen LogP contribution in [0.25, 0.3) is 0 Å². The molecule has 9 nitrogen and oxygen atoms in total. The predicted octanol–water partition coefficient (Wildman–Crippen LogP) is 2.45. The third-order valence-electron chi connectivity index (χ3n) is 6.15. The van der Waals surface area contributed by atoms with Crippen LogP contribution in [0.15, 0.2) is 40.6 Å². The number of hydrogen-bond donors (Lipinski definition) is 1. The maximum Gasteiger partial charge on any atom is 0.335 e. The molecule has 1 amide bonds. The summed E-state index contributed by atoms with van der Waals surface area (Å²) in [6, 6.07) is 7.50. The van der Waals surface area contributed by atoms with Crippen molar-refractivity contribution in [1.29, 1.82) is 0 Å². The minimum atomic E-state index is -1.31. The number of aliphatic imine (C=N–C) groups is 1. The Morgan fingerprint density at radius 3 is 2.97 bits per heavy atom. The quantitative estimate of drug-likeness (QED) is 0.556. The molecule has 1 aromatic carbocycles. The molecule has 0 bridgehead atoms. The van der Waals surface area contributed by atoms with Gasteiger partial charge in [-0.2, -0.15) is 0 Å². The second-order valence-electron chi connectivity index (χ2n) is 8.33. The van der Waals surface area contributed by atoms with Gasteiger partial charge in [-0.15, -0.1) is 0 Å². The monoisotopic (exact) mass is 453 g/mol. The van der Waals surface area contributed by atoms with Gasteiger partial charge in [-0.25, -0.2) is 19.8 Å². The Bertz CT molecular complexity index is 1140. The van der Waals surface area contributed by atoms with Gasteiger partial charge in [0.1, 0.15) is 18.0 Å². The van der Waals surface area contributed by atoms with Crippen molar-refractivity contribution in [3.63, 3.8) is 0 Å². The molecular weight excluding hydrogens is 430 g/mol. The van der Waals surface area contributed by atoms with E-state index < -0.39 is 11.5 Å². The van der Waals surface area contributed by atoms with Gasteiger partial charge in [-0.3, -0.25) is 4.79 Å². The topological polar surface area (TPSA) is 108 Å². The highest BCUT2D eigenvalue weighted by molar-refractivity contribution is 7.98. The summed E-state index contributed by atoms with van der Waals surface area (Å²) in [4.78, 5) is 42.3. The lowest BCUT2D eigenvalue weighted by Gasteiger charge is -2.27. The van der Waals surface area contributed by atoms with E-state index in [1.165, 1.54) is 18.7 Å². The molecule has 0 spiro atoms. The number of carboxylic acids is 1. The Labute approximate surface area is 189 Å². The smallest absolute Gasteiger partial charge is 0.335 e. The molecule has 166 valence electrons. The number of fused-ring (bicyclic) bond motifs is 3. The summed E-state index contributed by atoms with van der Waals surface area (Å²) in [5, 5.41) is 10.1. The van der Waals surface area contributed by atoms with Crippen LogP contribution in [0.5, 0.6) is 0 Å². The summed E-state index contributed by atoms with van der Waals surface area (Å²) in [6.07, 6.45) is 5.57. The van der Waals surface area contributed by atoms with E-state index in [-0.39, 0.29) is 24.5 Å². The van der Waals surface area contributed by atoms with Crippen molar-refractivity contribution >= 4 is 41.0 Å². The van der Waals surface area contributed by atoms with E-state index in [9.17, 15) is 14.7 Å². The molecule has 0 unspecified atom stereocenters. The minimum Gasteiger partial charge on any atom is -0.479 e. The molecule has 3 aliphatic heterocycles. The molecule has 1 aromatic heterocycles. The number of amides is 1. The number of carbonyl (C=O) groups excluding carboxylic acids is 1. The first-order chi connectivity index (χ1) is 15.4.